The lowest BCUT2D eigenvalue weighted by molar-refractivity contribution is -0.135. The maximum absolute atomic E-state index is 12.5. The Morgan fingerprint density at radius 2 is 1.93 bits per heavy atom. The number of carbonyl (C=O) groups is 2. The van der Waals surface area contributed by atoms with Crippen LogP contribution < -0.4 is 5.32 Å². The number of rotatable bonds is 5. The minimum atomic E-state index is -0.187. The van der Waals surface area contributed by atoms with E-state index in [0.717, 1.165) is 16.8 Å². The van der Waals surface area contributed by atoms with Crippen molar-refractivity contribution >= 4 is 11.9 Å². The Morgan fingerprint density at radius 1 is 1.11 bits per heavy atom. The zero-order valence-corrected chi connectivity index (χ0v) is 16.9. The lowest BCUT2D eigenvalue weighted by Gasteiger charge is -2.34. The number of piperazine rings is 1. The summed E-state index contributed by atoms with van der Waals surface area (Å²) in [7, 11) is 0. The van der Waals surface area contributed by atoms with Gasteiger partial charge in [0, 0.05) is 44.5 Å². The van der Waals surface area contributed by atoms with E-state index in [1.807, 2.05) is 24.0 Å². The van der Waals surface area contributed by atoms with Crippen molar-refractivity contribution in [1.82, 2.24) is 20.1 Å². The van der Waals surface area contributed by atoms with Gasteiger partial charge in [0.25, 0.3) is 0 Å². The van der Waals surface area contributed by atoms with Gasteiger partial charge in [-0.2, -0.15) is 0 Å². The smallest absolute Gasteiger partial charge is 0.317 e. The maximum Gasteiger partial charge on any atom is 0.317 e. The molecule has 2 heterocycles. The summed E-state index contributed by atoms with van der Waals surface area (Å²) in [6.45, 7) is 8.49. The van der Waals surface area contributed by atoms with E-state index in [-0.39, 0.29) is 18.5 Å². The molecule has 3 rings (SSSR count). The normalized spacial score (nSPS) is 14.3. The van der Waals surface area contributed by atoms with Crippen LogP contribution in [0.4, 0.5) is 4.79 Å². The zero-order chi connectivity index (χ0) is 20.1. The average Bonchev–Trinajstić information content (AvgIpc) is 2.67. The van der Waals surface area contributed by atoms with Crippen LogP contribution in [0, 0.1) is 20.8 Å². The molecule has 148 valence electrons. The van der Waals surface area contributed by atoms with E-state index >= 15 is 0 Å². The molecule has 3 amide bonds. The Bertz CT molecular complexity index is 865. The van der Waals surface area contributed by atoms with Crippen LogP contribution in [0.3, 0.4) is 0 Å². The van der Waals surface area contributed by atoms with Gasteiger partial charge in [-0.25, -0.2) is 4.79 Å². The van der Waals surface area contributed by atoms with Crippen LogP contribution in [0.2, 0.25) is 0 Å². The van der Waals surface area contributed by atoms with Crippen LogP contribution in [0.25, 0.3) is 0 Å². The minimum absolute atomic E-state index is 0.0137. The van der Waals surface area contributed by atoms with Crippen LogP contribution >= 0.6 is 0 Å². The minimum Gasteiger partial charge on any atom is -0.338 e. The number of hydrogen-bond donors (Lipinski definition) is 1. The molecule has 0 radical (unpaired) electrons. The van der Waals surface area contributed by atoms with Crippen molar-refractivity contribution in [3.8, 4) is 0 Å². The van der Waals surface area contributed by atoms with Gasteiger partial charge in [0.15, 0.2) is 0 Å². The molecular formula is C22H28N4O2. The summed E-state index contributed by atoms with van der Waals surface area (Å²) in [5, 5.41) is 2.90. The number of aryl methyl sites for hydroxylation is 3. The summed E-state index contributed by atoms with van der Waals surface area (Å²) >= 11 is 0. The molecule has 6 nitrogen and oxygen atoms in total. The number of urea groups is 1. The Kier molecular flexibility index (Phi) is 6.29. The van der Waals surface area contributed by atoms with E-state index in [1.165, 1.54) is 11.1 Å². The molecule has 2 aromatic rings. The Balaban J connectivity index is 1.47. The van der Waals surface area contributed by atoms with Crippen LogP contribution in [-0.4, -0.2) is 52.9 Å². The van der Waals surface area contributed by atoms with E-state index in [2.05, 4.69) is 42.3 Å². The van der Waals surface area contributed by atoms with E-state index in [0.29, 0.717) is 32.6 Å². The van der Waals surface area contributed by atoms with Crippen molar-refractivity contribution in [3.05, 3.63) is 64.5 Å². The molecule has 1 aromatic heterocycles. The lowest BCUT2D eigenvalue weighted by Crippen LogP contribution is -2.54. The lowest BCUT2D eigenvalue weighted by atomic mass is 10.1. The predicted molar refractivity (Wildman–Crippen MR) is 109 cm³/mol. The molecule has 0 bridgehead atoms. The molecule has 1 fully saturated rings. The molecule has 1 N–H and O–H groups in total. The number of hydrogen-bond acceptors (Lipinski definition) is 3. The quantitative estimate of drug-likeness (QED) is 0.867. The van der Waals surface area contributed by atoms with E-state index in [1.54, 1.807) is 11.1 Å². The molecule has 0 aliphatic carbocycles. The summed E-state index contributed by atoms with van der Waals surface area (Å²) in [5.41, 5.74) is 5.70. The maximum atomic E-state index is 12.5. The van der Waals surface area contributed by atoms with E-state index in [9.17, 15) is 9.59 Å². The van der Waals surface area contributed by atoms with Gasteiger partial charge in [-0.3, -0.25) is 9.78 Å². The monoisotopic (exact) mass is 380 g/mol. The van der Waals surface area contributed by atoms with Crippen LogP contribution in [0.15, 0.2) is 36.5 Å². The van der Waals surface area contributed by atoms with Gasteiger partial charge in [-0.05, 0) is 49.1 Å². The molecule has 1 aliphatic rings. The van der Waals surface area contributed by atoms with Crippen LogP contribution in [-0.2, 0) is 17.8 Å². The molecule has 0 unspecified atom stereocenters. The number of carbonyl (C=O) groups excluding carboxylic acids is 2. The first kappa shape index (κ1) is 19.9. The molecule has 1 aliphatic heterocycles. The van der Waals surface area contributed by atoms with Crippen molar-refractivity contribution in [3.63, 3.8) is 0 Å². The number of nitrogens with one attached hydrogen (secondary N) is 1. The largest absolute Gasteiger partial charge is 0.338 e. The third-order valence-electron chi connectivity index (χ3n) is 5.31. The summed E-state index contributed by atoms with van der Waals surface area (Å²) < 4.78 is 0. The van der Waals surface area contributed by atoms with Crippen molar-refractivity contribution < 1.29 is 9.59 Å². The fourth-order valence-electron chi connectivity index (χ4n) is 3.35. The molecule has 0 spiro atoms. The Labute approximate surface area is 166 Å². The van der Waals surface area contributed by atoms with Crippen molar-refractivity contribution in [2.24, 2.45) is 0 Å². The van der Waals surface area contributed by atoms with Crippen molar-refractivity contribution in [2.45, 2.75) is 33.7 Å². The molecule has 6 heteroatoms. The van der Waals surface area contributed by atoms with Gasteiger partial charge >= 0.3 is 6.03 Å². The number of benzene rings is 1. The first-order valence-electron chi connectivity index (χ1n) is 9.71. The summed E-state index contributed by atoms with van der Waals surface area (Å²) in [6.07, 6.45) is 2.44. The first-order chi connectivity index (χ1) is 13.4. The average molecular weight is 380 g/mol. The highest BCUT2D eigenvalue weighted by Gasteiger charge is 2.27. The Morgan fingerprint density at radius 3 is 2.64 bits per heavy atom. The SMILES string of the molecule is Cc1ccc(CN2CCN(C(=O)NCCc3ncccc3C)CC2=O)cc1C. The van der Waals surface area contributed by atoms with E-state index in [4.69, 9.17) is 0 Å². The van der Waals surface area contributed by atoms with Gasteiger partial charge in [0.1, 0.15) is 6.54 Å². The first-order valence-corrected chi connectivity index (χ1v) is 9.71. The number of aromatic nitrogens is 1. The zero-order valence-electron chi connectivity index (χ0n) is 16.9. The molecule has 1 aromatic carbocycles. The number of nitrogens with zero attached hydrogens (tertiary/aromatic N) is 3. The van der Waals surface area contributed by atoms with Gasteiger partial charge in [-0.15, -0.1) is 0 Å². The van der Waals surface area contributed by atoms with Gasteiger partial charge in [0.2, 0.25) is 5.91 Å². The number of pyridine rings is 1. The molecule has 28 heavy (non-hydrogen) atoms. The molecule has 0 saturated carbocycles. The third kappa shape index (κ3) is 4.88. The summed E-state index contributed by atoms with van der Waals surface area (Å²) in [4.78, 5) is 32.6. The van der Waals surface area contributed by atoms with Crippen LogP contribution in [0.1, 0.15) is 27.9 Å². The van der Waals surface area contributed by atoms with Gasteiger partial charge < -0.3 is 15.1 Å². The van der Waals surface area contributed by atoms with Crippen LogP contribution in [0.5, 0.6) is 0 Å². The Hall–Kier alpha value is -2.89. The fourth-order valence-corrected chi connectivity index (χ4v) is 3.35. The highest BCUT2D eigenvalue weighted by molar-refractivity contribution is 5.85. The topological polar surface area (TPSA) is 65.5 Å². The fraction of sp³-hybridized carbons (Fsp3) is 0.409. The second-order valence-electron chi connectivity index (χ2n) is 7.40. The second-order valence-corrected chi connectivity index (χ2v) is 7.40. The highest BCUT2D eigenvalue weighted by atomic mass is 16.2. The third-order valence-corrected chi connectivity index (χ3v) is 5.31. The molecule has 1 saturated heterocycles. The predicted octanol–water partition coefficient (Wildman–Crippen LogP) is 2.60. The standard InChI is InChI=1S/C22H28N4O2/c1-16-6-7-19(13-18(16)3)14-25-11-12-26(15-21(25)27)22(28)24-10-8-20-17(2)5-4-9-23-20/h4-7,9,13H,8,10-12,14-15H2,1-3H3,(H,24,28). The summed E-state index contributed by atoms with van der Waals surface area (Å²) in [5.74, 6) is -0.0137. The number of amides is 3. The van der Waals surface area contributed by atoms with Gasteiger partial charge in [0.05, 0.1) is 0 Å². The van der Waals surface area contributed by atoms with Crippen molar-refractivity contribution in [2.75, 3.05) is 26.2 Å². The van der Waals surface area contributed by atoms with Gasteiger partial charge in [-0.1, -0.05) is 24.3 Å². The highest BCUT2D eigenvalue weighted by Crippen LogP contribution is 2.14. The summed E-state index contributed by atoms with van der Waals surface area (Å²) in [6, 6.07) is 10.0. The molecular weight excluding hydrogens is 352 g/mol. The molecule has 0 atom stereocenters. The second kappa shape index (κ2) is 8.87. The van der Waals surface area contributed by atoms with Crippen molar-refractivity contribution in [1.29, 1.82) is 0 Å². The van der Waals surface area contributed by atoms with E-state index < -0.39 is 0 Å².